The van der Waals surface area contributed by atoms with E-state index in [1.54, 1.807) is 25.1 Å². The first-order valence-corrected chi connectivity index (χ1v) is 7.95. The first-order chi connectivity index (χ1) is 9.56. The summed E-state index contributed by atoms with van der Waals surface area (Å²) >= 11 is 0. The molecule has 0 fully saturated rings. The summed E-state index contributed by atoms with van der Waals surface area (Å²) in [7, 11) is -3.49. The SMILES string of the molecule is C=CCN(CC)S(=O)(=O)c1ccc(OCCCO)cc1. The average Bonchev–Trinajstić information content (AvgIpc) is 2.45. The zero-order chi connectivity index (χ0) is 15.0. The van der Waals surface area contributed by atoms with Crippen LogP contribution in [0.2, 0.25) is 0 Å². The second kappa shape index (κ2) is 8.04. The summed E-state index contributed by atoms with van der Waals surface area (Å²) in [4.78, 5) is 0.232. The van der Waals surface area contributed by atoms with Crippen LogP contribution in [-0.2, 0) is 10.0 Å². The Bertz CT molecular complexity index is 510. The number of hydrogen-bond acceptors (Lipinski definition) is 4. The van der Waals surface area contributed by atoms with E-state index in [4.69, 9.17) is 9.84 Å². The molecule has 0 bridgehead atoms. The summed E-state index contributed by atoms with van der Waals surface area (Å²) in [6.07, 6.45) is 2.11. The van der Waals surface area contributed by atoms with Gasteiger partial charge < -0.3 is 9.84 Å². The topological polar surface area (TPSA) is 66.8 Å². The minimum absolute atomic E-state index is 0.0689. The standard InChI is InChI=1S/C14H21NO4S/c1-3-10-15(4-2)20(17,18)14-8-6-13(7-9-14)19-12-5-11-16/h3,6-9,16H,1,4-5,10-12H2,2H3. The lowest BCUT2D eigenvalue weighted by Gasteiger charge is -2.18. The van der Waals surface area contributed by atoms with Gasteiger partial charge in [-0.2, -0.15) is 4.31 Å². The molecule has 1 rings (SSSR count). The molecule has 0 saturated heterocycles. The molecule has 0 aliphatic rings. The second-order valence-corrected chi connectivity index (χ2v) is 6.08. The number of aliphatic hydroxyl groups is 1. The van der Waals surface area contributed by atoms with Crippen molar-refractivity contribution in [3.05, 3.63) is 36.9 Å². The molecule has 0 aromatic heterocycles. The van der Waals surface area contributed by atoms with Crippen molar-refractivity contribution in [1.82, 2.24) is 4.31 Å². The number of likely N-dealkylation sites (N-methyl/N-ethyl adjacent to an activating group) is 1. The van der Waals surface area contributed by atoms with Gasteiger partial charge in [0.15, 0.2) is 0 Å². The van der Waals surface area contributed by atoms with Gasteiger partial charge in [-0.25, -0.2) is 8.42 Å². The van der Waals surface area contributed by atoms with E-state index in [0.717, 1.165) is 0 Å². The highest BCUT2D eigenvalue weighted by Crippen LogP contribution is 2.19. The normalized spacial score (nSPS) is 11.6. The molecule has 1 aromatic carbocycles. The first kappa shape index (κ1) is 16.7. The fraction of sp³-hybridized carbons (Fsp3) is 0.429. The van der Waals surface area contributed by atoms with Crippen molar-refractivity contribution in [2.75, 3.05) is 26.3 Å². The molecule has 20 heavy (non-hydrogen) atoms. The quantitative estimate of drug-likeness (QED) is 0.556. The number of benzene rings is 1. The number of rotatable bonds is 9. The van der Waals surface area contributed by atoms with E-state index >= 15 is 0 Å². The molecular formula is C14H21NO4S. The van der Waals surface area contributed by atoms with Crippen LogP contribution in [0.15, 0.2) is 41.8 Å². The van der Waals surface area contributed by atoms with Crippen LogP contribution in [0.4, 0.5) is 0 Å². The molecule has 0 amide bonds. The van der Waals surface area contributed by atoms with Crippen molar-refractivity contribution >= 4 is 10.0 Å². The van der Waals surface area contributed by atoms with E-state index in [1.807, 2.05) is 0 Å². The number of aliphatic hydroxyl groups excluding tert-OH is 1. The van der Waals surface area contributed by atoms with Crippen LogP contribution in [0.5, 0.6) is 5.75 Å². The summed E-state index contributed by atoms with van der Waals surface area (Å²) in [5.74, 6) is 0.587. The highest BCUT2D eigenvalue weighted by Gasteiger charge is 2.21. The Morgan fingerprint density at radius 3 is 2.50 bits per heavy atom. The average molecular weight is 299 g/mol. The van der Waals surface area contributed by atoms with Gasteiger partial charge in [-0.15, -0.1) is 6.58 Å². The van der Waals surface area contributed by atoms with Crippen molar-refractivity contribution in [1.29, 1.82) is 0 Å². The summed E-state index contributed by atoms with van der Waals surface area (Å²) in [6, 6.07) is 6.28. The molecule has 112 valence electrons. The Hall–Kier alpha value is -1.37. The molecule has 0 saturated carbocycles. The maximum Gasteiger partial charge on any atom is 0.243 e. The Morgan fingerprint density at radius 1 is 1.35 bits per heavy atom. The van der Waals surface area contributed by atoms with Crippen LogP contribution in [-0.4, -0.2) is 44.1 Å². The lowest BCUT2D eigenvalue weighted by molar-refractivity contribution is 0.233. The van der Waals surface area contributed by atoms with Crippen LogP contribution in [0.3, 0.4) is 0 Å². The van der Waals surface area contributed by atoms with E-state index in [1.165, 1.54) is 16.4 Å². The second-order valence-electron chi connectivity index (χ2n) is 4.14. The molecular weight excluding hydrogens is 278 g/mol. The third-order valence-corrected chi connectivity index (χ3v) is 4.67. The third-order valence-electron chi connectivity index (χ3n) is 2.72. The summed E-state index contributed by atoms with van der Waals surface area (Å²) < 4.78 is 31.4. The van der Waals surface area contributed by atoms with Gasteiger partial charge in [0.05, 0.1) is 11.5 Å². The molecule has 0 spiro atoms. The largest absolute Gasteiger partial charge is 0.494 e. The van der Waals surface area contributed by atoms with Crippen molar-refractivity contribution in [3.8, 4) is 5.75 Å². The molecule has 1 aromatic rings. The van der Waals surface area contributed by atoms with Gasteiger partial charge in [0.1, 0.15) is 5.75 Å². The van der Waals surface area contributed by atoms with E-state index in [-0.39, 0.29) is 18.0 Å². The molecule has 0 radical (unpaired) electrons. The van der Waals surface area contributed by atoms with Crippen molar-refractivity contribution < 1.29 is 18.3 Å². The van der Waals surface area contributed by atoms with Gasteiger partial charge in [0.25, 0.3) is 0 Å². The van der Waals surface area contributed by atoms with Crippen LogP contribution in [0, 0.1) is 0 Å². The number of nitrogens with zero attached hydrogens (tertiary/aromatic N) is 1. The Morgan fingerprint density at radius 2 is 2.00 bits per heavy atom. The summed E-state index contributed by atoms with van der Waals surface area (Å²) in [5, 5.41) is 8.66. The van der Waals surface area contributed by atoms with Gasteiger partial charge in [-0.05, 0) is 24.3 Å². The monoisotopic (exact) mass is 299 g/mol. The Labute approximate surface area is 120 Å². The summed E-state index contributed by atoms with van der Waals surface area (Å²) in [6.45, 7) is 6.50. The molecule has 0 aliphatic heterocycles. The van der Waals surface area contributed by atoms with Gasteiger partial charge in [-0.3, -0.25) is 0 Å². The van der Waals surface area contributed by atoms with Gasteiger partial charge in [0, 0.05) is 26.1 Å². The van der Waals surface area contributed by atoms with Crippen molar-refractivity contribution in [2.24, 2.45) is 0 Å². The number of ether oxygens (including phenoxy) is 1. The maximum absolute atomic E-state index is 12.3. The fourth-order valence-electron chi connectivity index (χ4n) is 1.65. The van der Waals surface area contributed by atoms with E-state index in [2.05, 4.69) is 6.58 Å². The number of hydrogen-bond donors (Lipinski definition) is 1. The lowest BCUT2D eigenvalue weighted by Crippen LogP contribution is -2.30. The van der Waals surface area contributed by atoms with Gasteiger partial charge in [0.2, 0.25) is 10.0 Å². The Balaban J connectivity index is 2.83. The van der Waals surface area contributed by atoms with Crippen molar-refractivity contribution in [3.63, 3.8) is 0 Å². The Kier molecular flexibility index (Phi) is 6.70. The molecule has 0 aliphatic carbocycles. The van der Waals surface area contributed by atoms with Gasteiger partial charge in [-0.1, -0.05) is 13.0 Å². The van der Waals surface area contributed by atoms with Crippen LogP contribution >= 0.6 is 0 Å². The van der Waals surface area contributed by atoms with Crippen molar-refractivity contribution in [2.45, 2.75) is 18.2 Å². The molecule has 6 heteroatoms. The molecule has 5 nitrogen and oxygen atoms in total. The minimum atomic E-state index is -3.49. The first-order valence-electron chi connectivity index (χ1n) is 6.51. The predicted molar refractivity (Wildman–Crippen MR) is 78.3 cm³/mol. The zero-order valence-corrected chi connectivity index (χ0v) is 12.5. The fourth-order valence-corrected chi connectivity index (χ4v) is 3.07. The van der Waals surface area contributed by atoms with Crippen LogP contribution in [0.1, 0.15) is 13.3 Å². The lowest BCUT2D eigenvalue weighted by atomic mass is 10.3. The number of sulfonamides is 1. The summed E-state index contributed by atoms with van der Waals surface area (Å²) in [5.41, 5.74) is 0. The van der Waals surface area contributed by atoms with E-state index in [0.29, 0.717) is 25.3 Å². The zero-order valence-electron chi connectivity index (χ0n) is 11.7. The van der Waals surface area contributed by atoms with E-state index < -0.39 is 10.0 Å². The van der Waals surface area contributed by atoms with Crippen LogP contribution < -0.4 is 4.74 Å². The third kappa shape index (κ3) is 4.33. The molecule has 0 atom stereocenters. The van der Waals surface area contributed by atoms with Crippen LogP contribution in [0.25, 0.3) is 0 Å². The highest BCUT2D eigenvalue weighted by molar-refractivity contribution is 7.89. The molecule has 0 heterocycles. The predicted octanol–water partition coefficient (Wildman–Crippen LogP) is 1.64. The smallest absolute Gasteiger partial charge is 0.243 e. The molecule has 1 N–H and O–H groups in total. The minimum Gasteiger partial charge on any atom is -0.494 e. The van der Waals surface area contributed by atoms with Gasteiger partial charge >= 0.3 is 0 Å². The van der Waals surface area contributed by atoms with E-state index in [9.17, 15) is 8.42 Å². The highest BCUT2D eigenvalue weighted by atomic mass is 32.2. The molecule has 0 unspecified atom stereocenters. The maximum atomic E-state index is 12.3.